The highest BCUT2D eigenvalue weighted by molar-refractivity contribution is 5.87. The Labute approximate surface area is 127 Å². The molecule has 0 amide bonds. The van der Waals surface area contributed by atoms with Crippen molar-refractivity contribution in [2.75, 3.05) is 6.61 Å². The first-order chi connectivity index (χ1) is 10.1. The van der Waals surface area contributed by atoms with Crippen molar-refractivity contribution in [1.82, 2.24) is 0 Å². The monoisotopic (exact) mass is 296 g/mol. The van der Waals surface area contributed by atoms with Gasteiger partial charge >= 0.3 is 11.9 Å². The molecule has 120 valence electrons. The lowest BCUT2D eigenvalue weighted by atomic mass is 9.78. The van der Waals surface area contributed by atoms with Crippen LogP contribution in [0.15, 0.2) is 11.1 Å². The Morgan fingerprint density at radius 3 is 2.62 bits per heavy atom. The van der Waals surface area contributed by atoms with E-state index in [2.05, 4.69) is 0 Å². The number of esters is 1. The lowest BCUT2D eigenvalue weighted by molar-refractivity contribution is -0.141. The normalized spacial score (nSPS) is 21.0. The van der Waals surface area contributed by atoms with E-state index in [9.17, 15) is 14.7 Å². The fourth-order valence-corrected chi connectivity index (χ4v) is 3.20. The van der Waals surface area contributed by atoms with Gasteiger partial charge in [-0.05, 0) is 44.4 Å². The van der Waals surface area contributed by atoms with Crippen molar-refractivity contribution in [3.63, 3.8) is 0 Å². The van der Waals surface area contributed by atoms with Gasteiger partial charge in [-0.3, -0.25) is 4.79 Å². The highest BCUT2D eigenvalue weighted by atomic mass is 16.5. The number of carbonyl (C=O) groups is 2. The topological polar surface area (TPSA) is 63.6 Å². The van der Waals surface area contributed by atoms with Gasteiger partial charge in [-0.1, -0.05) is 31.8 Å². The number of carboxylic acid groups (broad SMARTS) is 1. The number of aliphatic carboxylic acids is 1. The molecule has 1 N–H and O–H groups in total. The molecule has 1 atom stereocenters. The molecule has 4 nitrogen and oxygen atoms in total. The van der Waals surface area contributed by atoms with Crippen LogP contribution in [0.3, 0.4) is 0 Å². The van der Waals surface area contributed by atoms with E-state index in [1.54, 1.807) is 0 Å². The number of hydrogen-bond donors (Lipinski definition) is 1. The highest BCUT2D eigenvalue weighted by Gasteiger charge is 2.23. The van der Waals surface area contributed by atoms with Crippen LogP contribution in [-0.4, -0.2) is 23.7 Å². The molecule has 0 aromatic rings. The molecule has 1 aliphatic rings. The summed E-state index contributed by atoms with van der Waals surface area (Å²) in [5.41, 5.74) is 1.83. The molecule has 0 saturated heterocycles. The number of unbranched alkanes of at least 4 members (excludes halogenated alkanes) is 2. The number of carboxylic acids is 1. The SMILES string of the molecule is CC/C(C(=O)O)=C1\CCCCC1CCCCCOC(C)=O. The Morgan fingerprint density at radius 2 is 2.00 bits per heavy atom. The minimum absolute atomic E-state index is 0.221. The van der Waals surface area contributed by atoms with E-state index in [0.29, 0.717) is 24.5 Å². The summed E-state index contributed by atoms with van der Waals surface area (Å²) in [6, 6.07) is 0. The Hall–Kier alpha value is -1.32. The van der Waals surface area contributed by atoms with Gasteiger partial charge in [-0.2, -0.15) is 0 Å². The average molecular weight is 296 g/mol. The molecular weight excluding hydrogens is 268 g/mol. The lowest BCUT2D eigenvalue weighted by Gasteiger charge is -2.27. The number of carbonyl (C=O) groups excluding carboxylic acids is 1. The van der Waals surface area contributed by atoms with E-state index in [0.717, 1.165) is 44.9 Å². The van der Waals surface area contributed by atoms with Crippen molar-refractivity contribution in [1.29, 1.82) is 0 Å². The summed E-state index contributed by atoms with van der Waals surface area (Å²) in [6.45, 7) is 3.86. The van der Waals surface area contributed by atoms with Gasteiger partial charge in [-0.25, -0.2) is 4.79 Å². The summed E-state index contributed by atoms with van der Waals surface area (Å²) in [5, 5.41) is 9.33. The van der Waals surface area contributed by atoms with Crippen molar-refractivity contribution < 1.29 is 19.4 Å². The zero-order valence-electron chi connectivity index (χ0n) is 13.3. The molecular formula is C17H28O4. The summed E-state index contributed by atoms with van der Waals surface area (Å²) in [4.78, 5) is 22.0. The lowest BCUT2D eigenvalue weighted by Crippen LogP contribution is -2.16. The van der Waals surface area contributed by atoms with E-state index < -0.39 is 5.97 Å². The third kappa shape index (κ3) is 6.32. The van der Waals surface area contributed by atoms with Crippen LogP contribution >= 0.6 is 0 Å². The van der Waals surface area contributed by atoms with Crippen molar-refractivity contribution in [2.45, 2.75) is 71.6 Å². The van der Waals surface area contributed by atoms with Gasteiger partial charge in [0, 0.05) is 12.5 Å². The van der Waals surface area contributed by atoms with Gasteiger partial charge in [0.2, 0.25) is 0 Å². The van der Waals surface area contributed by atoms with Gasteiger partial charge in [0.15, 0.2) is 0 Å². The van der Waals surface area contributed by atoms with Crippen molar-refractivity contribution in [3.8, 4) is 0 Å². The van der Waals surface area contributed by atoms with E-state index in [4.69, 9.17) is 4.74 Å². The van der Waals surface area contributed by atoms with Crippen LogP contribution in [0.25, 0.3) is 0 Å². The number of allylic oxidation sites excluding steroid dienone is 1. The Bertz CT molecular complexity index is 384. The fraction of sp³-hybridized carbons (Fsp3) is 0.765. The highest BCUT2D eigenvalue weighted by Crippen LogP contribution is 2.36. The molecule has 0 aromatic carbocycles. The Kier molecular flexibility index (Phi) is 8.09. The van der Waals surface area contributed by atoms with Crippen LogP contribution in [0.1, 0.15) is 71.6 Å². The molecule has 1 unspecified atom stereocenters. The molecule has 0 spiro atoms. The third-order valence-corrected chi connectivity index (χ3v) is 4.24. The molecule has 0 heterocycles. The fourth-order valence-electron chi connectivity index (χ4n) is 3.20. The second kappa shape index (κ2) is 9.59. The first-order valence-electron chi connectivity index (χ1n) is 8.14. The quantitative estimate of drug-likeness (QED) is 0.416. The van der Waals surface area contributed by atoms with Crippen molar-refractivity contribution in [3.05, 3.63) is 11.1 Å². The largest absolute Gasteiger partial charge is 0.478 e. The Balaban J connectivity index is 2.43. The second-order valence-electron chi connectivity index (χ2n) is 5.79. The van der Waals surface area contributed by atoms with Gasteiger partial charge in [0.25, 0.3) is 0 Å². The molecule has 1 saturated carbocycles. The first kappa shape index (κ1) is 17.7. The maximum atomic E-state index is 11.3. The molecule has 0 aromatic heterocycles. The van der Waals surface area contributed by atoms with Crippen LogP contribution in [0.4, 0.5) is 0 Å². The second-order valence-corrected chi connectivity index (χ2v) is 5.79. The van der Waals surface area contributed by atoms with Crippen LogP contribution in [0.2, 0.25) is 0 Å². The molecule has 1 aliphatic carbocycles. The van der Waals surface area contributed by atoms with Crippen LogP contribution in [-0.2, 0) is 14.3 Å². The molecule has 1 fully saturated rings. The molecule has 0 aliphatic heterocycles. The molecule has 0 radical (unpaired) electrons. The predicted octanol–water partition coefficient (Wildman–Crippen LogP) is 4.09. The molecule has 21 heavy (non-hydrogen) atoms. The standard InChI is InChI=1S/C17H28O4/c1-3-15(17(19)20)16-11-7-6-10-14(16)9-5-4-8-12-21-13(2)18/h14H,3-12H2,1-2H3,(H,19,20)/b16-15-. The number of hydrogen-bond acceptors (Lipinski definition) is 3. The zero-order valence-corrected chi connectivity index (χ0v) is 13.3. The first-order valence-corrected chi connectivity index (χ1v) is 8.14. The number of ether oxygens (including phenoxy) is 1. The third-order valence-electron chi connectivity index (χ3n) is 4.24. The predicted molar refractivity (Wildman–Crippen MR) is 82.0 cm³/mol. The van der Waals surface area contributed by atoms with Crippen LogP contribution in [0, 0.1) is 5.92 Å². The van der Waals surface area contributed by atoms with Crippen molar-refractivity contribution in [2.24, 2.45) is 5.92 Å². The maximum Gasteiger partial charge on any atom is 0.331 e. The molecule has 1 rings (SSSR count). The van der Waals surface area contributed by atoms with E-state index in [1.807, 2.05) is 6.92 Å². The minimum atomic E-state index is -0.741. The summed E-state index contributed by atoms with van der Waals surface area (Å²) >= 11 is 0. The van der Waals surface area contributed by atoms with Crippen molar-refractivity contribution >= 4 is 11.9 Å². The molecule has 0 bridgehead atoms. The summed E-state index contributed by atoms with van der Waals surface area (Å²) in [5.74, 6) is -0.519. The van der Waals surface area contributed by atoms with E-state index in [-0.39, 0.29) is 5.97 Å². The van der Waals surface area contributed by atoms with Gasteiger partial charge < -0.3 is 9.84 Å². The maximum absolute atomic E-state index is 11.3. The summed E-state index contributed by atoms with van der Waals surface area (Å²) < 4.78 is 4.92. The van der Waals surface area contributed by atoms with Gasteiger partial charge in [-0.15, -0.1) is 0 Å². The van der Waals surface area contributed by atoms with E-state index >= 15 is 0 Å². The van der Waals surface area contributed by atoms with E-state index in [1.165, 1.54) is 18.9 Å². The zero-order chi connectivity index (χ0) is 15.7. The van der Waals surface area contributed by atoms with Crippen LogP contribution in [0.5, 0.6) is 0 Å². The number of rotatable bonds is 8. The minimum Gasteiger partial charge on any atom is -0.478 e. The van der Waals surface area contributed by atoms with Gasteiger partial charge in [0.1, 0.15) is 0 Å². The smallest absolute Gasteiger partial charge is 0.331 e. The van der Waals surface area contributed by atoms with Crippen LogP contribution < -0.4 is 0 Å². The average Bonchev–Trinajstić information content (AvgIpc) is 2.44. The summed E-state index contributed by atoms with van der Waals surface area (Å²) in [7, 11) is 0. The van der Waals surface area contributed by atoms with Gasteiger partial charge in [0.05, 0.1) is 6.61 Å². The summed E-state index contributed by atoms with van der Waals surface area (Å²) in [6.07, 6.45) is 9.08. The molecule has 4 heteroatoms. The Morgan fingerprint density at radius 1 is 1.24 bits per heavy atom.